The van der Waals surface area contributed by atoms with Crippen molar-refractivity contribution in [3.8, 4) is 0 Å². The molecule has 0 aliphatic heterocycles. The van der Waals surface area contributed by atoms with Gasteiger partial charge in [-0.3, -0.25) is 9.40 Å². The van der Waals surface area contributed by atoms with Crippen LogP contribution in [0.3, 0.4) is 0 Å². The molecule has 1 aliphatic carbocycles. The molecule has 1 aliphatic rings. The monoisotopic (exact) mass is 518 g/mol. The van der Waals surface area contributed by atoms with E-state index in [1.165, 1.54) is 22.9 Å². The van der Waals surface area contributed by atoms with Crippen molar-refractivity contribution >= 4 is 60.6 Å². The fourth-order valence-electron chi connectivity index (χ4n) is 2.96. The maximum Gasteiger partial charge on any atom is 0.235 e. The number of anilines is 3. The molecule has 2 aromatic carbocycles. The van der Waals surface area contributed by atoms with Gasteiger partial charge in [-0.15, -0.1) is 0 Å². The Kier molecular flexibility index (Phi) is 4.73. The van der Waals surface area contributed by atoms with E-state index < -0.39 is 26.9 Å². The van der Waals surface area contributed by atoms with Crippen molar-refractivity contribution in [2.24, 2.45) is 7.05 Å². The van der Waals surface area contributed by atoms with E-state index in [0.717, 1.165) is 0 Å². The number of hydrogen-bond acceptors (Lipinski definition) is 4. The number of benzene rings is 2. The van der Waals surface area contributed by atoms with Crippen molar-refractivity contribution in [2.75, 3.05) is 10.0 Å². The topological polar surface area (TPSA) is 76.0 Å². The molecular formula is C18H17F2IN4O2S. The van der Waals surface area contributed by atoms with Crippen LogP contribution in [0.4, 0.5) is 25.8 Å². The van der Waals surface area contributed by atoms with E-state index in [4.69, 9.17) is 0 Å². The van der Waals surface area contributed by atoms with Crippen molar-refractivity contribution < 1.29 is 17.2 Å². The summed E-state index contributed by atoms with van der Waals surface area (Å²) in [5.74, 6) is -1.31. The molecule has 148 valence electrons. The lowest BCUT2D eigenvalue weighted by molar-refractivity contribution is 0.600. The summed E-state index contributed by atoms with van der Waals surface area (Å²) in [5, 5.41) is 6.88. The van der Waals surface area contributed by atoms with E-state index in [9.17, 15) is 12.8 Å². The van der Waals surface area contributed by atoms with Crippen molar-refractivity contribution in [1.29, 1.82) is 0 Å². The van der Waals surface area contributed by atoms with E-state index in [2.05, 4.69) is 15.1 Å². The predicted octanol–water partition coefficient (Wildman–Crippen LogP) is 4.41. The Labute approximate surface area is 174 Å². The normalized spacial score (nSPS) is 14.5. The summed E-state index contributed by atoms with van der Waals surface area (Å²) < 4.78 is 59.2. The lowest BCUT2D eigenvalue weighted by atomic mass is 10.1. The first-order chi connectivity index (χ1) is 13.2. The van der Waals surface area contributed by atoms with Crippen LogP contribution in [0.2, 0.25) is 0 Å². The van der Waals surface area contributed by atoms with E-state index in [0.29, 0.717) is 27.5 Å². The largest absolute Gasteiger partial charge is 0.349 e. The van der Waals surface area contributed by atoms with Crippen LogP contribution < -0.4 is 10.0 Å². The highest BCUT2D eigenvalue weighted by Crippen LogP contribution is 2.38. The van der Waals surface area contributed by atoms with Gasteiger partial charge in [0, 0.05) is 21.7 Å². The second-order valence-electron chi connectivity index (χ2n) is 6.81. The number of aromatic nitrogens is 2. The number of rotatable bonds is 5. The van der Waals surface area contributed by atoms with Gasteiger partial charge in [0.1, 0.15) is 17.0 Å². The summed E-state index contributed by atoms with van der Waals surface area (Å²) in [5.41, 5.74) is 0.689. The first-order valence-electron chi connectivity index (χ1n) is 8.57. The molecule has 0 radical (unpaired) electrons. The molecule has 10 heteroatoms. The molecule has 0 atom stereocenters. The zero-order valence-corrected chi connectivity index (χ0v) is 18.0. The van der Waals surface area contributed by atoms with Crippen LogP contribution in [-0.2, 0) is 17.1 Å². The molecule has 1 saturated carbocycles. The summed E-state index contributed by atoms with van der Waals surface area (Å²) in [4.78, 5) is 0. The van der Waals surface area contributed by atoms with Gasteiger partial charge in [0.2, 0.25) is 10.0 Å². The fourth-order valence-corrected chi connectivity index (χ4v) is 4.80. The standard InChI is InChI=1S/C18H17F2IN4O2S/c1-9-12-8-15(24-28(26,27)11-4-5-11)18(16(20)17(12)23-25(9)2)22-14-6-3-10(21)7-13(14)19/h3,6-8,11,22,24H,4-5H2,1-2H3. The minimum atomic E-state index is -3.64. The average molecular weight is 518 g/mol. The molecule has 6 nitrogen and oxygen atoms in total. The van der Waals surface area contributed by atoms with Gasteiger partial charge in [0.25, 0.3) is 0 Å². The fraction of sp³-hybridized carbons (Fsp3) is 0.278. The van der Waals surface area contributed by atoms with Crippen molar-refractivity contribution in [1.82, 2.24) is 9.78 Å². The molecule has 2 N–H and O–H groups in total. The minimum Gasteiger partial charge on any atom is -0.349 e. The van der Waals surface area contributed by atoms with E-state index in [1.54, 1.807) is 20.0 Å². The van der Waals surface area contributed by atoms with Gasteiger partial charge in [-0.1, -0.05) is 0 Å². The van der Waals surface area contributed by atoms with Gasteiger partial charge < -0.3 is 5.32 Å². The van der Waals surface area contributed by atoms with Gasteiger partial charge in [-0.05, 0) is 66.6 Å². The van der Waals surface area contributed by atoms with E-state index in [-0.39, 0.29) is 22.6 Å². The molecule has 0 unspecified atom stereocenters. The Hall–Kier alpha value is -1.95. The molecule has 0 amide bonds. The minimum absolute atomic E-state index is 0.0333. The first kappa shape index (κ1) is 19.4. The average Bonchev–Trinajstić information content (AvgIpc) is 3.43. The van der Waals surface area contributed by atoms with Crippen LogP contribution in [-0.4, -0.2) is 23.4 Å². The molecule has 0 spiro atoms. The number of hydrogen-bond donors (Lipinski definition) is 2. The Morgan fingerprint density at radius 3 is 2.57 bits per heavy atom. The Balaban J connectivity index is 1.88. The molecular weight excluding hydrogens is 501 g/mol. The predicted molar refractivity (Wildman–Crippen MR) is 113 cm³/mol. The van der Waals surface area contributed by atoms with Crippen LogP contribution in [0.5, 0.6) is 0 Å². The summed E-state index contributed by atoms with van der Waals surface area (Å²) >= 11 is 1.97. The second kappa shape index (κ2) is 6.83. The van der Waals surface area contributed by atoms with Crippen LogP contribution in [0.15, 0.2) is 24.3 Å². The quantitative estimate of drug-likeness (QED) is 0.491. The third-order valence-corrected chi connectivity index (χ3v) is 7.30. The maximum absolute atomic E-state index is 15.3. The number of nitrogens with zero attached hydrogens (tertiary/aromatic N) is 2. The van der Waals surface area contributed by atoms with Crippen molar-refractivity contribution in [3.63, 3.8) is 0 Å². The first-order valence-corrected chi connectivity index (χ1v) is 11.2. The third kappa shape index (κ3) is 3.43. The van der Waals surface area contributed by atoms with Crippen molar-refractivity contribution in [3.05, 3.63) is 45.2 Å². The lowest BCUT2D eigenvalue weighted by Crippen LogP contribution is -2.18. The van der Waals surface area contributed by atoms with Gasteiger partial charge in [0.05, 0.1) is 16.6 Å². The van der Waals surface area contributed by atoms with Gasteiger partial charge in [0.15, 0.2) is 5.82 Å². The van der Waals surface area contributed by atoms with Crippen LogP contribution in [0.25, 0.3) is 10.9 Å². The molecule has 1 heterocycles. The zero-order valence-electron chi connectivity index (χ0n) is 15.1. The Morgan fingerprint density at radius 1 is 1.21 bits per heavy atom. The number of fused-ring (bicyclic) bond motifs is 1. The lowest BCUT2D eigenvalue weighted by Gasteiger charge is -2.16. The third-order valence-electron chi connectivity index (χ3n) is 4.77. The number of nitrogens with one attached hydrogen (secondary N) is 2. The van der Waals surface area contributed by atoms with Crippen LogP contribution in [0, 0.1) is 22.1 Å². The van der Waals surface area contributed by atoms with Gasteiger partial charge in [-0.2, -0.15) is 5.10 Å². The highest BCUT2D eigenvalue weighted by molar-refractivity contribution is 14.1. The molecule has 0 saturated heterocycles. The SMILES string of the molecule is Cc1c2cc(NS(=O)(=O)C3CC3)c(Nc3ccc(I)cc3F)c(F)c2nn1C. The molecule has 28 heavy (non-hydrogen) atoms. The molecule has 3 aromatic rings. The molecule has 1 fully saturated rings. The maximum atomic E-state index is 15.3. The van der Waals surface area contributed by atoms with E-state index in [1.807, 2.05) is 22.6 Å². The van der Waals surface area contributed by atoms with Gasteiger partial charge in [-0.25, -0.2) is 17.2 Å². The summed E-state index contributed by atoms with van der Waals surface area (Å²) in [7, 11) is -1.97. The van der Waals surface area contributed by atoms with Crippen LogP contribution in [0.1, 0.15) is 18.5 Å². The summed E-state index contributed by atoms with van der Waals surface area (Å²) in [6, 6.07) is 5.98. The summed E-state index contributed by atoms with van der Waals surface area (Å²) in [6.45, 7) is 1.76. The smallest absolute Gasteiger partial charge is 0.235 e. The zero-order chi connectivity index (χ0) is 20.2. The molecule has 0 bridgehead atoms. The highest BCUT2D eigenvalue weighted by atomic mass is 127. The number of sulfonamides is 1. The number of halogens is 3. The molecule has 4 rings (SSSR count). The van der Waals surface area contributed by atoms with E-state index >= 15 is 4.39 Å². The van der Waals surface area contributed by atoms with Gasteiger partial charge >= 0.3 is 0 Å². The Morgan fingerprint density at radius 2 is 1.93 bits per heavy atom. The Bertz CT molecular complexity index is 1210. The number of aryl methyl sites for hydroxylation is 2. The second-order valence-corrected chi connectivity index (χ2v) is 10.0. The summed E-state index contributed by atoms with van der Waals surface area (Å²) in [6.07, 6.45) is 1.14. The van der Waals surface area contributed by atoms with Crippen LogP contribution >= 0.6 is 22.6 Å². The molecule has 1 aromatic heterocycles. The highest BCUT2D eigenvalue weighted by Gasteiger charge is 2.36. The van der Waals surface area contributed by atoms with Crippen molar-refractivity contribution in [2.45, 2.75) is 25.0 Å².